The van der Waals surface area contributed by atoms with E-state index in [-0.39, 0.29) is 0 Å². The standard InChI is InChI=1S/C16H24N6/c1-11-9-15(20-16(17)19-11)22-8-6-4-5-7-14(22)13-10-18-21(3)12(13)2/h9-10,14H,4-8H2,1-3H3,(H2,17,19,20)/t14-/m1/s1. The Bertz CT molecular complexity index is 642. The summed E-state index contributed by atoms with van der Waals surface area (Å²) in [5.41, 5.74) is 9.28. The molecule has 0 aliphatic carbocycles. The van der Waals surface area contributed by atoms with E-state index < -0.39 is 0 Å². The van der Waals surface area contributed by atoms with Crippen LogP contribution in [-0.2, 0) is 7.05 Å². The summed E-state index contributed by atoms with van der Waals surface area (Å²) in [6.07, 6.45) is 6.78. The normalized spacial score (nSPS) is 19.2. The van der Waals surface area contributed by atoms with E-state index in [1.807, 2.05) is 30.9 Å². The summed E-state index contributed by atoms with van der Waals surface area (Å²) in [6, 6.07) is 2.34. The molecule has 1 fully saturated rings. The van der Waals surface area contributed by atoms with E-state index in [0.29, 0.717) is 12.0 Å². The first kappa shape index (κ1) is 14.8. The van der Waals surface area contributed by atoms with Crippen LogP contribution in [0.3, 0.4) is 0 Å². The summed E-state index contributed by atoms with van der Waals surface area (Å²) in [7, 11) is 1.99. The van der Waals surface area contributed by atoms with Crippen molar-refractivity contribution < 1.29 is 0 Å². The molecule has 3 heterocycles. The highest BCUT2D eigenvalue weighted by Crippen LogP contribution is 2.34. The second kappa shape index (κ2) is 5.94. The van der Waals surface area contributed by atoms with Gasteiger partial charge in [-0.3, -0.25) is 4.68 Å². The molecule has 0 spiro atoms. The molecular formula is C16H24N6. The van der Waals surface area contributed by atoms with Crippen LogP contribution in [0, 0.1) is 13.8 Å². The van der Waals surface area contributed by atoms with Crippen LogP contribution in [0.25, 0.3) is 0 Å². The topological polar surface area (TPSA) is 72.9 Å². The fourth-order valence-corrected chi connectivity index (χ4v) is 3.27. The van der Waals surface area contributed by atoms with E-state index in [9.17, 15) is 0 Å². The zero-order valence-electron chi connectivity index (χ0n) is 13.6. The number of aryl methyl sites for hydroxylation is 2. The van der Waals surface area contributed by atoms with E-state index in [1.54, 1.807) is 0 Å². The van der Waals surface area contributed by atoms with Gasteiger partial charge < -0.3 is 10.6 Å². The van der Waals surface area contributed by atoms with Gasteiger partial charge in [-0.1, -0.05) is 12.8 Å². The van der Waals surface area contributed by atoms with Crippen molar-refractivity contribution in [2.45, 2.75) is 45.6 Å². The number of hydrogen-bond donors (Lipinski definition) is 1. The molecule has 0 saturated carbocycles. The zero-order valence-corrected chi connectivity index (χ0v) is 13.6. The Morgan fingerprint density at radius 1 is 1.18 bits per heavy atom. The second-order valence-electron chi connectivity index (χ2n) is 6.09. The molecule has 2 aromatic rings. The number of nitrogens with zero attached hydrogens (tertiary/aromatic N) is 5. The SMILES string of the molecule is Cc1cc(N2CCCCC[C@@H]2c2cnn(C)c2C)nc(N)n1. The molecule has 2 N–H and O–H groups in total. The van der Waals surface area contributed by atoms with Gasteiger partial charge in [-0.2, -0.15) is 10.1 Å². The third kappa shape index (κ3) is 2.77. The van der Waals surface area contributed by atoms with Crippen molar-refractivity contribution in [1.82, 2.24) is 19.7 Å². The van der Waals surface area contributed by atoms with Crippen LogP contribution >= 0.6 is 0 Å². The average Bonchev–Trinajstić information content (AvgIpc) is 2.68. The lowest BCUT2D eigenvalue weighted by Gasteiger charge is -2.31. The zero-order chi connectivity index (χ0) is 15.7. The van der Waals surface area contributed by atoms with E-state index in [2.05, 4.69) is 26.9 Å². The van der Waals surface area contributed by atoms with Gasteiger partial charge in [-0.15, -0.1) is 0 Å². The maximum atomic E-state index is 5.86. The van der Waals surface area contributed by atoms with Crippen LogP contribution in [0.4, 0.5) is 11.8 Å². The minimum atomic E-state index is 0.310. The van der Waals surface area contributed by atoms with E-state index in [1.165, 1.54) is 30.5 Å². The lowest BCUT2D eigenvalue weighted by Crippen LogP contribution is -2.30. The molecule has 1 atom stereocenters. The molecule has 1 aliphatic heterocycles. The Morgan fingerprint density at radius 2 is 2.00 bits per heavy atom. The smallest absolute Gasteiger partial charge is 0.222 e. The van der Waals surface area contributed by atoms with Crippen molar-refractivity contribution in [1.29, 1.82) is 0 Å². The maximum absolute atomic E-state index is 5.86. The van der Waals surface area contributed by atoms with Crippen LogP contribution < -0.4 is 10.6 Å². The highest BCUT2D eigenvalue weighted by Gasteiger charge is 2.27. The molecule has 0 unspecified atom stereocenters. The Morgan fingerprint density at radius 3 is 2.68 bits per heavy atom. The Kier molecular flexibility index (Phi) is 4.00. The molecule has 1 aliphatic rings. The highest BCUT2D eigenvalue weighted by molar-refractivity contribution is 5.46. The van der Waals surface area contributed by atoms with Crippen LogP contribution in [0.5, 0.6) is 0 Å². The number of nitrogens with two attached hydrogens (primary N) is 1. The Labute approximate surface area is 131 Å². The van der Waals surface area contributed by atoms with Crippen molar-refractivity contribution in [3.8, 4) is 0 Å². The average molecular weight is 300 g/mol. The Balaban J connectivity index is 2.02. The van der Waals surface area contributed by atoms with Gasteiger partial charge in [0.05, 0.1) is 12.2 Å². The number of aromatic nitrogens is 4. The van der Waals surface area contributed by atoms with Gasteiger partial charge in [0, 0.05) is 36.6 Å². The largest absolute Gasteiger partial charge is 0.368 e. The molecule has 0 amide bonds. The summed E-state index contributed by atoms with van der Waals surface area (Å²) in [6.45, 7) is 5.09. The van der Waals surface area contributed by atoms with Gasteiger partial charge >= 0.3 is 0 Å². The molecule has 118 valence electrons. The minimum absolute atomic E-state index is 0.310. The number of rotatable bonds is 2. The van der Waals surface area contributed by atoms with Gasteiger partial charge in [-0.25, -0.2) is 4.98 Å². The third-order valence-corrected chi connectivity index (χ3v) is 4.54. The van der Waals surface area contributed by atoms with Gasteiger partial charge in [0.2, 0.25) is 5.95 Å². The Hall–Kier alpha value is -2.11. The van der Waals surface area contributed by atoms with Crippen LogP contribution in [-0.4, -0.2) is 26.3 Å². The van der Waals surface area contributed by atoms with Gasteiger partial charge in [-0.05, 0) is 26.7 Å². The van der Waals surface area contributed by atoms with E-state index in [4.69, 9.17) is 5.73 Å². The summed E-state index contributed by atoms with van der Waals surface area (Å²) < 4.78 is 1.94. The summed E-state index contributed by atoms with van der Waals surface area (Å²) in [5, 5.41) is 4.42. The monoisotopic (exact) mass is 300 g/mol. The van der Waals surface area contributed by atoms with Crippen LogP contribution in [0.2, 0.25) is 0 Å². The molecule has 3 rings (SSSR count). The molecule has 6 nitrogen and oxygen atoms in total. The fraction of sp³-hybridized carbons (Fsp3) is 0.562. The summed E-state index contributed by atoms with van der Waals surface area (Å²) in [4.78, 5) is 11.0. The molecular weight excluding hydrogens is 276 g/mol. The first-order valence-electron chi connectivity index (χ1n) is 7.92. The molecule has 0 radical (unpaired) electrons. The molecule has 6 heteroatoms. The maximum Gasteiger partial charge on any atom is 0.222 e. The van der Waals surface area contributed by atoms with E-state index in [0.717, 1.165) is 24.5 Å². The number of hydrogen-bond acceptors (Lipinski definition) is 5. The van der Waals surface area contributed by atoms with Crippen molar-refractivity contribution in [3.63, 3.8) is 0 Å². The number of nitrogen functional groups attached to an aromatic ring is 1. The fourth-order valence-electron chi connectivity index (χ4n) is 3.27. The van der Waals surface area contributed by atoms with Gasteiger partial charge in [0.25, 0.3) is 0 Å². The summed E-state index contributed by atoms with van der Waals surface area (Å²) >= 11 is 0. The van der Waals surface area contributed by atoms with Crippen LogP contribution in [0.1, 0.15) is 48.7 Å². The quantitative estimate of drug-likeness (QED) is 0.922. The van der Waals surface area contributed by atoms with Gasteiger partial charge in [0.15, 0.2) is 0 Å². The summed E-state index contributed by atoms with van der Waals surface area (Å²) in [5.74, 6) is 1.28. The van der Waals surface area contributed by atoms with Gasteiger partial charge in [0.1, 0.15) is 5.82 Å². The predicted octanol–water partition coefficient (Wildman–Crippen LogP) is 2.53. The lowest BCUT2D eigenvalue weighted by molar-refractivity contribution is 0.591. The minimum Gasteiger partial charge on any atom is -0.368 e. The third-order valence-electron chi connectivity index (χ3n) is 4.54. The molecule has 0 bridgehead atoms. The first-order chi connectivity index (χ1) is 10.6. The van der Waals surface area contributed by atoms with Crippen molar-refractivity contribution >= 4 is 11.8 Å². The predicted molar refractivity (Wildman–Crippen MR) is 87.7 cm³/mol. The first-order valence-corrected chi connectivity index (χ1v) is 7.92. The van der Waals surface area contributed by atoms with Crippen molar-refractivity contribution in [2.24, 2.45) is 7.05 Å². The molecule has 0 aromatic carbocycles. The molecule has 22 heavy (non-hydrogen) atoms. The van der Waals surface area contributed by atoms with E-state index >= 15 is 0 Å². The lowest BCUT2D eigenvalue weighted by atomic mass is 10.0. The second-order valence-corrected chi connectivity index (χ2v) is 6.09. The number of anilines is 2. The molecule has 2 aromatic heterocycles. The highest BCUT2D eigenvalue weighted by atomic mass is 15.3. The van der Waals surface area contributed by atoms with Crippen molar-refractivity contribution in [2.75, 3.05) is 17.2 Å². The molecule has 1 saturated heterocycles. The van der Waals surface area contributed by atoms with Crippen molar-refractivity contribution in [3.05, 3.63) is 29.2 Å². The van der Waals surface area contributed by atoms with Crippen LogP contribution in [0.15, 0.2) is 12.3 Å².